The number of fused-ring (bicyclic) bond motifs is 14. The molecule has 0 spiro atoms. The Labute approximate surface area is 495 Å². The second-order valence-electron chi connectivity index (χ2n) is 22.8. The summed E-state index contributed by atoms with van der Waals surface area (Å²) in [5.41, 5.74) is 20.0. The molecule has 2 heterocycles. The molecule has 0 radical (unpaired) electrons. The summed E-state index contributed by atoms with van der Waals surface area (Å²) in [6, 6.07) is 111. The Balaban J connectivity index is 0.842. The molecule has 2 heteroatoms. The van der Waals surface area contributed by atoms with Crippen LogP contribution in [0.3, 0.4) is 0 Å². The van der Waals surface area contributed by atoms with E-state index in [1.165, 1.54) is 93.0 Å². The fourth-order valence-corrected chi connectivity index (χ4v) is 14.5. The smallest absolute Gasteiger partial charge is 0.143 e. The van der Waals surface area contributed by atoms with Gasteiger partial charge in [0.1, 0.15) is 22.3 Å². The molecule has 0 amide bonds. The van der Waals surface area contributed by atoms with E-state index in [1.54, 1.807) is 0 Å². The van der Waals surface area contributed by atoms with Gasteiger partial charge in [-0.3, -0.25) is 0 Å². The van der Waals surface area contributed by atoms with E-state index in [9.17, 15) is 0 Å². The third kappa shape index (κ3) is 7.27. The SMILES string of the molecule is c1ccc(-c2c3ccccc3c(-c3cccc4oc5c6cccc(-c7ccccc7)c6ccc5c34)c3ccc(-c4ccc5c(ccc6c5oc5c(-c7ccccc7)ccc(-c7c8ccccc8c(-c8ccccc8)c8ccccc78)c56)c4)cc23)cc1. The summed E-state index contributed by atoms with van der Waals surface area (Å²) >= 11 is 0. The molecule has 18 aromatic rings. The first kappa shape index (κ1) is 48.2. The van der Waals surface area contributed by atoms with E-state index in [2.05, 4.69) is 303 Å². The van der Waals surface area contributed by atoms with Gasteiger partial charge in [-0.2, -0.15) is 0 Å². The summed E-state index contributed by atoms with van der Waals surface area (Å²) in [4.78, 5) is 0. The second-order valence-corrected chi connectivity index (χ2v) is 22.8. The van der Waals surface area contributed by atoms with Gasteiger partial charge in [0.25, 0.3) is 0 Å². The van der Waals surface area contributed by atoms with Gasteiger partial charge in [-0.25, -0.2) is 0 Å². The monoisotopic (exact) mass is 1090 g/mol. The highest BCUT2D eigenvalue weighted by atomic mass is 16.3. The third-order valence-electron chi connectivity index (χ3n) is 18.2. The van der Waals surface area contributed by atoms with E-state index < -0.39 is 0 Å². The average Bonchev–Trinajstić information content (AvgIpc) is 1.48. The van der Waals surface area contributed by atoms with Crippen LogP contribution in [0.25, 0.3) is 186 Å². The number of rotatable bonds is 7. The Hall–Kier alpha value is -11.3. The Kier molecular flexibility index (Phi) is 10.7. The van der Waals surface area contributed by atoms with Gasteiger partial charge < -0.3 is 8.83 Å². The molecule has 18 rings (SSSR count). The van der Waals surface area contributed by atoms with E-state index >= 15 is 0 Å². The molecule has 398 valence electrons. The molecule has 0 saturated carbocycles. The van der Waals surface area contributed by atoms with Gasteiger partial charge >= 0.3 is 0 Å². The molecule has 0 atom stereocenters. The molecule has 0 fully saturated rings. The largest absolute Gasteiger partial charge is 0.455 e. The molecule has 2 aromatic heterocycles. The molecule has 0 unspecified atom stereocenters. The quantitative estimate of drug-likeness (QED) is 0.149. The molecular formula is C84H50O2. The normalized spacial score (nSPS) is 12.0. The maximum atomic E-state index is 7.38. The summed E-state index contributed by atoms with van der Waals surface area (Å²) in [6.07, 6.45) is 0. The van der Waals surface area contributed by atoms with Crippen LogP contribution < -0.4 is 0 Å². The van der Waals surface area contributed by atoms with Crippen LogP contribution in [0.4, 0.5) is 0 Å². The zero-order valence-electron chi connectivity index (χ0n) is 46.7. The maximum Gasteiger partial charge on any atom is 0.143 e. The van der Waals surface area contributed by atoms with E-state index in [-0.39, 0.29) is 0 Å². The minimum Gasteiger partial charge on any atom is -0.455 e. The summed E-state index contributed by atoms with van der Waals surface area (Å²) in [7, 11) is 0. The van der Waals surface area contributed by atoms with Crippen molar-refractivity contribution in [2.75, 3.05) is 0 Å². The lowest BCUT2D eigenvalue weighted by Crippen LogP contribution is -1.92. The molecule has 0 bridgehead atoms. The van der Waals surface area contributed by atoms with Crippen LogP contribution in [0.15, 0.2) is 312 Å². The van der Waals surface area contributed by atoms with Crippen molar-refractivity contribution in [1.29, 1.82) is 0 Å². The van der Waals surface area contributed by atoms with Crippen molar-refractivity contribution in [2.45, 2.75) is 0 Å². The van der Waals surface area contributed by atoms with Crippen LogP contribution in [-0.2, 0) is 0 Å². The van der Waals surface area contributed by atoms with Gasteiger partial charge in [0, 0.05) is 37.9 Å². The van der Waals surface area contributed by atoms with Gasteiger partial charge in [0.05, 0.1) is 0 Å². The van der Waals surface area contributed by atoms with E-state index in [0.29, 0.717) is 0 Å². The highest BCUT2D eigenvalue weighted by Crippen LogP contribution is 2.52. The Morgan fingerprint density at radius 2 is 0.581 bits per heavy atom. The summed E-state index contributed by atoms with van der Waals surface area (Å²) < 4.78 is 14.4. The fraction of sp³-hybridized carbons (Fsp3) is 0. The van der Waals surface area contributed by atoms with Crippen LogP contribution in [0.2, 0.25) is 0 Å². The first-order valence-electron chi connectivity index (χ1n) is 29.6. The van der Waals surface area contributed by atoms with Crippen molar-refractivity contribution in [3.05, 3.63) is 303 Å². The lowest BCUT2D eigenvalue weighted by molar-refractivity contribution is 0.672. The Morgan fingerprint density at radius 1 is 0.174 bits per heavy atom. The minimum absolute atomic E-state index is 0.873. The van der Waals surface area contributed by atoms with Gasteiger partial charge in [0.2, 0.25) is 0 Å². The zero-order chi connectivity index (χ0) is 56.4. The van der Waals surface area contributed by atoms with E-state index in [1.807, 2.05) is 0 Å². The molecule has 0 N–H and O–H groups in total. The molecule has 2 nitrogen and oxygen atoms in total. The molecular weight excluding hydrogens is 1040 g/mol. The van der Waals surface area contributed by atoms with Gasteiger partial charge in [-0.1, -0.05) is 261 Å². The summed E-state index contributed by atoms with van der Waals surface area (Å²) in [5, 5.41) is 18.6. The lowest BCUT2D eigenvalue weighted by Gasteiger charge is -2.19. The van der Waals surface area contributed by atoms with Crippen molar-refractivity contribution in [3.63, 3.8) is 0 Å². The first-order valence-corrected chi connectivity index (χ1v) is 29.6. The van der Waals surface area contributed by atoms with Crippen LogP contribution in [0.5, 0.6) is 0 Å². The predicted molar refractivity (Wildman–Crippen MR) is 364 cm³/mol. The third-order valence-corrected chi connectivity index (χ3v) is 18.2. The van der Waals surface area contributed by atoms with E-state index in [4.69, 9.17) is 8.83 Å². The van der Waals surface area contributed by atoms with Crippen molar-refractivity contribution < 1.29 is 8.83 Å². The van der Waals surface area contributed by atoms with Crippen molar-refractivity contribution in [2.24, 2.45) is 0 Å². The lowest BCUT2D eigenvalue weighted by atomic mass is 9.83. The number of hydrogen-bond acceptors (Lipinski definition) is 2. The van der Waals surface area contributed by atoms with Crippen molar-refractivity contribution in [1.82, 2.24) is 0 Å². The molecule has 86 heavy (non-hydrogen) atoms. The zero-order valence-corrected chi connectivity index (χ0v) is 46.7. The number of furan rings is 2. The molecule has 0 aliphatic heterocycles. The standard InChI is InChI=1S/C84H50O2/c1-5-21-51(22-6-1)58-35-19-36-69-61(58)46-48-72-80-70(37-20-38-75(80)85-83(69)72)79-67-34-18-15-31-64(67)77(54-27-11-4-12-28-54)74-50-56(40-43-68(74)79)55-39-42-60-57(49-55)41-44-73-81-71(47-45-59(84(81)86-82(60)73)52-23-7-2-8-24-52)78-65-32-16-13-29-62(65)76(53-25-9-3-10-26-53)63-30-14-17-33-66(63)78/h1-50H. The van der Waals surface area contributed by atoms with Gasteiger partial charge in [-0.05, 0) is 169 Å². The van der Waals surface area contributed by atoms with Crippen molar-refractivity contribution in [3.8, 4) is 77.9 Å². The number of benzene rings is 16. The van der Waals surface area contributed by atoms with Crippen LogP contribution in [-0.4, -0.2) is 0 Å². The summed E-state index contributed by atoms with van der Waals surface area (Å²) in [5.74, 6) is 0. The van der Waals surface area contributed by atoms with Crippen LogP contribution >= 0.6 is 0 Å². The Morgan fingerprint density at radius 3 is 1.20 bits per heavy atom. The van der Waals surface area contributed by atoms with Crippen molar-refractivity contribution >= 4 is 109 Å². The predicted octanol–water partition coefficient (Wildman–Crippen LogP) is 24.1. The molecule has 0 aliphatic carbocycles. The highest BCUT2D eigenvalue weighted by Gasteiger charge is 2.26. The highest BCUT2D eigenvalue weighted by molar-refractivity contribution is 6.30. The molecule has 16 aromatic carbocycles. The maximum absolute atomic E-state index is 7.38. The van der Waals surface area contributed by atoms with Gasteiger partial charge in [-0.15, -0.1) is 0 Å². The van der Waals surface area contributed by atoms with Crippen LogP contribution in [0, 0.1) is 0 Å². The summed E-state index contributed by atoms with van der Waals surface area (Å²) in [6.45, 7) is 0. The second kappa shape index (κ2) is 19.1. The molecule has 0 aliphatic rings. The topological polar surface area (TPSA) is 26.3 Å². The number of hydrogen-bond donors (Lipinski definition) is 0. The van der Waals surface area contributed by atoms with E-state index in [0.717, 1.165) is 93.4 Å². The first-order chi connectivity index (χ1) is 42.7. The molecule has 0 saturated heterocycles. The minimum atomic E-state index is 0.873. The Bertz CT molecular complexity index is 5740. The fourth-order valence-electron chi connectivity index (χ4n) is 14.5. The van der Waals surface area contributed by atoms with Gasteiger partial charge in [0.15, 0.2) is 0 Å². The van der Waals surface area contributed by atoms with Crippen LogP contribution in [0.1, 0.15) is 0 Å². The average molecular weight is 1090 g/mol.